The molecule has 1 heterocycles. The van der Waals surface area contributed by atoms with Gasteiger partial charge < -0.3 is 9.80 Å². The Morgan fingerprint density at radius 1 is 1.15 bits per heavy atom. The Hall–Kier alpha value is -1.09. The monoisotopic (exact) mass is 278 g/mol. The van der Waals surface area contributed by atoms with Crippen LogP contribution in [0.4, 0.5) is 10.1 Å². The highest BCUT2D eigenvalue weighted by Crippen LogP contribution is 2.26. The molecule has 2 nitrogen and oxygen atoms in total. The third-order valence-corrected chi connectivity index (χ3v) is 4.55. The Morgan fingerprint density at radius 3 is 2.30 bits per heavy atom. The fourth-order valence-corrected chi connectivity index (χ4v) is 3.24. The van der Waals surface area contributed by atoms with Gasteiger partial charge in [-0.2, -0.15) is 0 Å². The first kappa shape index (κ1) is 15.3. The number of hydrogen-bond donors (Lipinski definition) is 0. The van der Waals surface area contributed by atoms with Crippen LogP contribution in [-0.2, 0) is 6.42 Å². The van der Waals surface area contributed by atoms with E-state index in [0.29, 0.717) is 6.04 Å². The van der Waals surface area contributed by atoms with Crippen LogP contribution in [0.25, 0.3) is 0 Å². The summed E-state index contributed by atoms with van der Waals surface area (Å²) in [6, 6.07) is 6.35. The van der Waals surface area contributed by atoms with Gasteiger partial charge in [0.25, 0.3) is 0 Å². The third-order valence-electron chi connectivity index (χ3n) is 4.55. The average Bonchev–Trinajstić information content (AvgIpc) is 2.49. The van der Waals surface area contributed by atoms with Crippen LogP contribution >= 0.6 is 0 Å². The molecule has 1 aliphatic heterocycles. The van der Waals surface area contributed by atoms with Crippen molar-refractivity contribution in [2.24, 2.45) is 0 Å². The normalized spacial score (nSPS) is 16.9. The van der Waals surface area contributed by atoms with E-state index in [1.807, 2.05) is 6.07 Å². The lowest BCUT2D eigenvalue weighted by atomic mass is 10.0. The number of aryl methyl sites for hydroxylation is 1. The van der Waals surface area contributed by atoms with Gasteiger partial charge in [-0.05, 0) is 50.0 Å². The maximum absolute atomic E-state index is 14.2. The predicted molar refractivity (Wildman–Crippen MR) is 83.9 cm³/mol. The van der Waals surface area contributed by atoms with Crippen molar-refractivity contribution in [1.82, 2.24) is 4.90 Å². The highest BCUT2D eigenvalue weighted by Gasteiger charge is 2.24. The van der Waals surface area contributed by atoms with E-state index in [9.17, 15) is 4.39 Å². The number of nitrogens with zero attached hydrogens (tertiary/aromatic N) is 2. The zero-order valence-corrected chi connectivity index (χ0v) is 13.0. The molecule has 3 heteroatoms. The first-order valence-corrected chi connectivity index (χ1v) is 7.97. The fraction of sp³-hybridized carbons (Fsp3) is 0.647. The smallest absolute Gasteiger partial charge is 0.146 e. The summed E-state index contributed by atoms with van der Waals surface area (Å²) in [6.07, 6.45) is 3.16. The first-order valence-electron chi connectivity index (χ1n) is 7.97. The molecular formula is C17H27FN2. The zero-order chi connectivity index (χ0) is 14.5. The molecule has 0 unspecified atom stereocenters. The minimum absolute atomic E-state index is 0.0642. The van der Waals surface area contributed by atoms with Crippen LogP contribution in [0.1, 0.15) is 39.2 Å². The van der Waals surface area contributed by atoms with Gasteiger partial charge in [-0.3, -0.25) is 0 Å². The van der Waals surface area contributed by atoms with Crippen LogP contribution in [0.15, 0.2) is 18.2 Å². The lowest BCUT2D eigenvalue weighted by molar-refractivity contribution is 0.186. The Labute approximate surface area is 122 Å². The van der Waals surface area contributed by atoms with Gasteiger partial charge in [-0.1, -0.05) is 26.8 Å². The van der Waals surface area contributed by atoms with Gasteiger partial charge in [0, 0.05) is 19.1 Å². The van der Waals surface area contributed by atoms with Gasteiger partial charge in [0.1, 0.15) is 5.82 Å². The van der Waals surface area contributed by atoms with E-state index >= 15 is 0 Å². The van der Waals surface area contributed by atoms with Crippen molar-refractivity contribution in [2.75, 3.05) is 31.1 Å². The number of anilines is 1. The van der Waals surface area contributed by atoms with Crippen molar-refractivity contribution in [1.29, 1.82) is 0 Å². The number of piperidine rings is 1. The fourth-order valence-electron chi connectivity index (χ4n) is 3.24. The van der Waals surface area contributed by atoms with Crippen LogP contribution in [0.3, 0.4) is 0 Å². The molecule has 0 bridgehead atoms. The van der Waals surface area contributed by atoms with E-state index < -0.39 is 0 Å². The molecule has 1 fully saturated rings. The van der Waals surface area contributed by atoms with Crippen molar-refractivity contribution in [2.45, 2.75) is 46.1 Å². The molecule has 0 N–H and O–H groups in total. The summed E-state index contributed by atoms with van der Waals surface area (Å²) in [6.45, 7) is 10.6. The molecular weight excluding hydrogens is 251 g/mol. The molecule has 112 valence electrons. The molecule has 1 aromatic carbocycles. The second-order valence-corrected chi connectivity index (χ2v) is 5.58. The van der Waals surface area contributed by atoms with E-state index in [0.717, 1.165) is 56.7 Å². The molecule has 0 atom stereocenters. The zero-order valence-electron chi connectivity index (χ0n) is 13.0. The molecule has 0 radical (unpaired) electrons. The predicted octanol–water partition coefficient (Wildman–Crippen LogP) is 3.70. The van der Waals surface area contributed by atoms with Gasteiger partial charge in [-0.25, -0.2) is 4.39 Å². The van der Waals surface area contributed by atoms with Gasteiger partial charge >= 0.3 is 0 Å². The van der Waals surface area contributed by atoms with Crippen molar-refractivity contribution in [3.05, 3.63) is 29.6 Å². The average molecular weight is 278 g/mol. The summed E-state index contributed by atoms with van der Waals surface area (Å²) in [4.78, 5) is 4.72. The van der Waals surface area contributed by atoms with E-state index in [-0.39, 0.29) is 5.82 Å². The Kier molecular flexibility index (Phi) is 5.41. The first-order chi connectivity index (χ1) is 9.69. The highest BCUT2D eigenvalue weighted by atomic mass is 19.1. The molecule has 0 amide bonds. The SMILES string of the molecule is CCc1ccc(N2CCC(N(CC)CC)CC2)c(F)c1. The van der Waals surface area contributed by atoms with Crippen LogP contribution < -0.4 is 4.90 Å². The second kappa shape index (κ2) is 7.07. The summed E-state index contributed by atoms with van der Waals surface area (Å²) in [5.74, 6) is -0.0642. The van der Waals surface area contributed by atoms with Crippen molar-refractivity contribution in [3.63, 3.8) is 0 Å². The molecule has 1 aromatic rings. The van der Waals surface area contributed by atoms with Crippen LogP contribution in [-0.4, -0.2) is 37.1 Å². The summed E-state index contributed by atoms with van der Waals surface area (Å²) >= 11 is 0. The third kappa shape index (κ3) is 3.32. The van der Waals surface area contributed by atoms with E-state index in [4.69, 9.17) is 0 Å². The Balaban J connectivity index is 2.00. The minimum atomic E-state index is -0.0642. The molecule has 0 saturated carbocycles. The molecule has 1 saturated heterocycles. The largest absolute Gasteiger partial charge is 0.369 e. The van der Waals surface area contributed by atoms with Crippen molar-refractivity contribution >= 4 is 5.69 Å². The molecule has 20 heavy (non-hydrogen) atoms. The van der Waals surface area contributed by atoms with Crippen molar-refractivity contribution in [3.8, 4) is 0 Å². The Bertz CT molecular complexity index is 421. The lowest BCUT2D eigenvalue weighted by Gasteiger charge is -2.38. The number of halogens is 1. The molecule has 2 rings (SSSR count). The standard InChI is InChI=1S/C17H27FN2/c1-4-14-7-8-17(16(18)13-14)20-11-9-15(10-12-20)19(5-2)6-3/h7-8,13,15H,4-6,9-12H2,1-3H3. The minimum Gasteiger partial charge on any atom is -0.369 e. The molecule has 1 aliphatic rings. The van der Waals surface area contributed by atoms with E-state index in [1.165, 1.54) is 0 Å². The highest BCUT2D eigenvalue weighted by molar-refractivity contribution is 5.49. The van der Waals surface area contributed by atoms with Crippen molar-refractivity contribution < 1.29 is 4.39 Å². The molecule has 0 aliphatic carbocycles. The van der Waals surface area contributed by atoms with Gasteiger partial charge in [0.05, 0.1) is 5.69 Å². The van der Waals surface area contributed by atoms with Crippen LogP contribution in [0.5, 0.6) is 0 Å². The Morgan fingerprint density at radius 2 is 1.80 bits per heavy atom. The maximum Gasteiger partial charge on any atom is 0.146 e. The van der Waals surface area contributed by atoms with E-state index in [2.05, 4.69) is 36.6 Å². The molecule has 0 aromatic heterocycles. The van der Waals surface area contributed by atoms with Gasteiger partial charge in [-0.15, -0.1) is 0 Å². The topological polar surface area (TPSA) is 6.48 Å². The summed E-state index contributed by atoms with van der Waals surface area (Å²) in [7, 11) is 0. The quantitative estimate of drug-likeness (QED) is 0.810. The maximum atomic E-state index is 14.2. The number of hydrogen-bond acceptors (Lipinski definition) is 2. The lowest BCUT2D eigenvalue weighted by Crippen LogP contribution is -2.45. The second-order valence-electron chi connectivity index (χ2n) is 5.58. The molecule has 0 spiro atoms. The van der Waals surface area contributed by atoms with Gasteiger partial charge in [0.15, 0.2) is 0 Å². The van der Waals surface area contributed by atoms with Gasteiger partial charge in [0.2, 0.25) is 0 Å². The number of rotatable bonds is 5. The van der Waals surface area contributed by atoms with Crippen LogP contribution in [0.2, 0.25) is 0 Å². The summed E-state index contributed by atoms with van der Waals surface area (Å²) < 4.78 is 14.2. The van der Waals surface area contributed by atoms with E-state index in [1.54, 1.807) is 6.07 Å². The summed E-state index contributed by atoms with van der Waals surface area (Å²) in [5, 5.41) is 0. The number of benzene rings is 1. The van der Waals surface area contributed by atoms with Crippen LogP contribution in [0, 0.1) is 5.82 Å². The summed E-state index contributed by atoms with van der Waals surface area (Å²) in [5.41, 5.74) is 1.85.